The van der Waals surface area contributed by atoms with Crippen LogP contribution in [0.4, 0.5) is 0 Å². The van der Waals surface area contributed by atoms with Gasteiger partial charge in [0, 0.05) is 54.5 Å². The fourth-order valence-corrected chi connectivity index (χ4v) is 4.51. The minimum absolute atomic E-state index is 0. The van der Waals surface area contributed by atoms with E-state index in [4.69, 9.17) is 27.9 Å². The summed E-state index contributed by atoms with van der Waals surface area (Å²) in [5.74, 6) is 6.42. The van der Waals surface area contributed by atoms with Crippen molar-refractivity contribution in [2.45, 2.75) is 28.2 Å². The van der Waals surface area contributed by atoms with E-state index >= 15 is 0 Å². The minimum Gasteiger partial charge on any atom is 0 e. The van der Waals surface area contributed by atoms with E-state index in [1.54, 1.807) is 11.8 Å². The Hall–Kier alpha value is -2.28. The van der Waals surface area contributed by atoms with Crippen LogP contribution in [0.25, 0.3) is 0 Å². The van der Waals surface area contributed by atoms with Crippen LogP contribution in [-0.4, -0.2) is 29.6 Å². The first-order valence-electron chi connectivity index (χ1n) is 9.31. The summed E-state index contributed by atoms with van der Waals surface area (Å²) in [6.45, 7) is 30.0. The zero-order valence-electron chi connectivity index (χ0n) is 19.1. The van der Waals surface area contributed by atoms with Crippen LogP contribution in [0.5, 0.6) is 0 Å². The molecule has 2 heterocycles. The summed E-state index contributed by atoms with van der Waals surface area (Å²) in [7, 11) is 0. The molecule has 0 amide bonds. The molecule has 2 radical (unpaired) electrons. The number of rotatable bonds is 1. The van der Waals surface area contributed by atoms with Gasteiger partial charge in [0.2, 0.25) is 0 Å². The van der Waals surface area contributed by atoms with Crippen LogP contribution in [0.15, 0.2) is 58.3 Å². The van der Waals surface area contributed by atoms with Gasteiger partial charge in [-0.2, -0.15) is 0 Å². The van der Waals surface area contributed by atoms with Crippen molar-refractivity contribution in [1.82, 2.24) is 4.90 Å². The predicted octanol–water partition coefficient (Wildman–Crippen LogP) is 3.26. The number of benzene rings is 2. The molecule has 194 valence electrons. The van der Waals surface area contributed by atoms with Gasteiger partial charge >= 0.3 is 67.8 Å². The first-order chi connectivity index (χ1) is 17.3. The molecule has 2 aliphatic rings. The first kappa shape index (κ1) is 44.7. The molecule has 1 saturated heterocycles. The molecule has 2 aromatic carbocycles. The molecule has 11 heteroatoms. The third-order valence-corrected chi connectivity index (χ3v) is 5.70. The molecule has 1 fully saturated rings. The smallest absolute Gasteiger partial charge is 0 e. The summed E-state index contributed by atoms with van der Waals surface area (Å²) < 4.78 is 45.0. The van der Waals surface area contributed by atoms with Crippen LogP contribution < -0.4 is 0 Å². The summed E-state index contributed by atoms with van der Waals surface area (Å²) in [6.07, 6.45) is 2.52. The average molecular weight is 607 g/mol. The van der Waals surface area contributed by atoms with Gasteiger partial charge in [0.15, 0.2) is 5.60 Å². The van der Waals surface area contributed by atoms with E-state index in [9.17, 15) is 5.11 Å². The summed E-state index contributed by atoms with van der Waals surface area (Å²) in [5, 5.41) is 11.4. The van der Waals surface area contributed by atoms with Crippen molar-refractivity contribution < 1.29 is 66.6 Å². The summed E-state index contributed by atoms with van der Waals surface area (Å²) >= 11 is 1.71. The van der Waals surface area contributed by atoms with Gasteiger partial charge < -0.3 is 5.11 Å². The monoisotopic (exact) mass is 607 g/mol. The third-order valence-electron chi connectivity index (χ3n) is 4.54. The minimum atomic E-state index is -1.21. The van der Waals surface area contributed by atoms with E-state index < -0.39 is 5.60 Å². The van der Waals surface area contributed by atoms with Gasteiger partial charge in [-0.05, 0) is 38.1 Å². The molecule has 0 bridgehead atoms. The Labute approximate surface area is 241 Å². The number of fused-ring (bicyclic) bond motifs is 2. The average Bonchev–Trinajstić information content (AvgIpc) is 3.49. The van der Waals surface area contributed by atoms with E-state index in [1.807, 2.05) is 36.4 Å². The maximum Gasteiger partial charge on any atom is 0 e. The Kier molecular flexibility index (Phi) is 36.2. The Balaban J connectivity index is -0.000000216. The standard InChI is InChI=1S/C20H19NOS.6CO.2Co/c22-20(12-7-15-21-13-5-6-14-21)16-8-1-3-10-18(16)23-19-11-4-2-9-17(19)20;6*1-2;;/h1-4,8-11,22H,5-6,13-15H2;;;;;;;;. The molecule has 1 N–H and O–H groups in total. The zero-order valence-corrected chi connectivity index (χ0v) is 22.0. The molecule has 0 unspecified atom stereocenters. The SMILES string of the molecule is OC1(C#CCN2CCCC2)c2ccccc2Sc2ccccc21.[C-]#[O+].[C-]#[O+].[C-]#[O+].[C-]#[O+].[C-]#[O+].[C-]#[O+].[Co].[Co]. The van der Waals surface area contributed by atoms with Crippen molar-refractivity contribution in [3.63, 3.8) is 0 Å². The molecule has 0 atom stereocenters. The third kappa shape index (κ3) is 13.7. The van der Waals surface area contributed by atoms with Crippen LogP contribution in [0.3, 0.4) is 0 Å². The summed E-state index contributed by atoms with van der Waals surface area (Å²) in [5.41, 5.74) is 0.591. The molecule has 4 rings (SSSR count). The maximum absolute atomic E-state index is 11.4. The van der Waals surface area contributed by atoms with Gasteiger partial charge in [0.25, 0.3) is 0 Å². The predicted molar refractivity (Wildman–Crippen MR) is 117 cm³/mol. The molecule has 8 nitrogen and oxygen atoms in total. The normalized spacial score (nSPS) is 11.9. The van der Waals surface area contributed by atoms with E-state index in [-0.39, 0.29) is 33.6 Å². The quantitative estimate of drug-likeness (QED) is 0.302. The fourth-order valence-electron chi connectivity index (χ4n) is 3.33. The van der Waals surface area contributed by atoms with Crippen LogP contribution in [0.2, 0.25) is 0 Å². The van der Waals surface area contributed by atoms with E-state index in [2.05, 4.69) is 68.8 Å². The van der Waals surface area contributed by atoms with Crippen LogP contribution in [-0.2, 0) is 67.1 Å². The second kappa shape index (κ2) is 30.0. The molecule has 37 heavy (non-hydrogen) atoms. The first-order valence-corrected chi connectivity index (χ1v) is 10.1. The maximum atomic E-state index is 11.4. The van der Waals surface area contributed by atoms with Crippen LogP contribution in [0, 0.1) is 51.7 Å². The van der Waals surface area contributed by atoms with Crippen molar-refractivity contribution >= 4 is 11.8 Å². The molecule has 0 aromatic heterocycles. The second-order valence-electron chi connectivity index (χ2n) is 6.09. The molecular weight excluding hydrogens is 588 g/mol. The van der Waals surface area contributed by atoms with Gasteiger partial charge in [-0.25, -0.2) is 0 Å². The summed E-state index contributed by atoms with van der Waals surface area (Å²) in [4.78, 5) is 4.53. The molecule has 2 aromatic rings. The number of hydrogen-bond acceptors (Lipinski definition) is 3. The van der Waals surface area contributed by atoms with Crippen molar-refractivity contribution in [3.05, 3.63) is 99.6 Å². The molecule has 0 spiro atoms. The number of nitrogens with zero attached hydrogens (tertiary/aromatic N) is 1. The van der Waals surface area contributed by atoms with Gasteiger partial charge in [0.1, 0.15) is 0 Å². The van der Waals surface area contributed by atoms with Crippen molar-refractivity contribution in [2.24, 2.45) is 0 Å². The van der Waals surface area contributed by atoms with Crippen LogP contribution >= 0.6 is 11.8 Å². The van der Waals surface area contributed by atoms with Crippen molar-refractivity contribution in [2.75, 3.05) is 19.6 Å². The van der Waals surface area contributed by atoms with Gasteiger partial charge in [0.05, 0.1) is 6.54 Å². The summed E-state index contributed by atoms with van der Waals surface area (Å²) in [6, 6.07) is 16.1. The fraction of sp³-hybridized carbons (Fsp3) is 0.231. The Morgan fingerprint density at radius 2 is 1.05 bits per heavy atom. The number of likely N-dealkylation sites (tertiary alicyclic amines) is 1. The Morgan fingerprint density at radius 1 is 0.703 bits per heavy atom. The van der Waals surface area contributed by atoms with Crippen molar-refractivity contribution in [3.8, 4) is 11.8 Å². The molecular formula is C26H19Co2NO7S. The molecule has 0 saturated carbocycles. The Bertz CT molecular complexity index is 971. The largest absolute Gasteiger partial charge is 0 e. The topological polar surface area (TPSA) is 143 Å². The van der Waals surface area contributed by atoms with E-state index in [0.29, 0.717) is 0 Å². The van der Waals surface area contributed by atoms with Gasteiger partial charge in [-0.15, -0.1) is 0 Å². The number of aliphatic hydroxyl groups is 1. The van der Waals surface area contributed by atoms with E-state index in [0.717, 1.165) is 40.6 Å². The van der Waals surface area contributed by atoms with Crippen LogP contribution in [0.1, 0.15) is 24.0 Å². The number of hydrogen-bond donors (Lipinski definition) is 1. The van der Waals surface area contributed by atoms with E-state index in [1.165, 1.54) is 12.8 Å². The molecule has 2 aliphatic heterocycles. The second-order valence-corrected chi connectivity index (χ2v) is 7.17. The molecule has 0 aliphatic carbocycles. The van der Waals surface area contributed by atoms with Gasteiger partial charge in [-0.3, -0.25) is 4.90 Å². The van der Waals surface area contributed by atoms with Gasteiger partial charge in [-0.1, -0.05) is 60.0 Å². The Morgan fingerprint density at radius 3 is 1.43 bits per heavy atom. The zero-order chi connectivity index (χ0) is 27.7. The van der Waals surface area contributed by atoms with Crippen molar-refractivity contribution in [1.29, 1.82) is 0 Å².